The van der Waals surface area contributed by atoms with Crippen molar-refractivity contribution in [1.82, 2.24) is 10.2 Å². The Bertz CT molecular complexity index is 815. The van der Waals surface area contributed by atoms with Gasteiger partial charge in [-0.15, -0.1) is 10.2 Å². The van der Waals surface area contributed by atoms with Crippen molar-refractivity contribution >= 4 is 5.78 Å². The number of hydrogen-bond donors (Lipinski definition) is 0. The summed E-state index contributed by atoms with van der Waals surface area (Å²) in [5.41, 5.74) is 1.64. The van der Waals surface area contributed by atoms with Gasteiger partial charge in [0.15, 0.2) is 0 Å². The molecule has 0 fully saturated rings. The van der Waals surface area contributed by atoms with Gasteiger partial charge in [0, 0.05) is 11.1 Å². The summed E-state index contributed by atoms with van der Waals surface area (Å²) in [5.74, 6) is -0.139. The van der Waals surface area contributed by atoms with Crippen LogP contribution in [0.15, 0.2) is 59.0 Å². The molecule has 1 heterocycles. The molecule has 3 aromatic rings. The molecule has 0 bridgehead atoms. The number of rotatable bonds is 3. The molecule has 5 nitrogen and oxygen atoms in total. The van der Waals surface area contributed by atoms with Crippen LogP contribution in [-0.2, 0) is 0 Å². The first kappa shape index (κ1) is 12.8. The van der Waals surface area contributed by atoms with E-state index in [1.807, 2.05) is 36.4 Å². The number of aromatic nitrogens is 2. The Hall–Kier alpha value is -3.26. The van der Waals surface area contributed by atoms with Gasteiger partial charge in [-0.1, -0.05) is 18.2 Å². The Balaban J connectivity index is 1.89. The van der Waals surface area contributed by atoms with Crippen molar-refractivity contribution in [3.05, 3.63) is 71.6 Å². The number of carbonyl (C=O) groups excluding carboxylic acids is 1. The Labute approximate surface area is 120 Å². The minimum atomic E-state index is -0.367. The number of benzene rings is 2. The van der Waals surface area contributed by atoms with Crippen LogP contribution < -0.4 is 0 Å². The molecule has 2 aromatic carbocycles. The highest BCUT2D eigenvalue weighted by Gasteiger charge is 2.17. The van der Waals surface area contributed by atoms with Crippen LogP contribution in [0, 0.1) is 11.3 Å². The van der Waals surface area contributed by atoms with Crippen molar-refractivity contribution in [3.63, 3.8) is 0 Å². The van der Waals surface area contributed by atoms with E-state index in [1.54, 1.807) is 24.3 Å². The lowest BCUT2D eigenvalue weighted by molar-refractivity contribution is 0.100. The van der Waals surface area contributed by atoms with Crippen molar-refractivity contribution in [3.8, 4) is 17.5 Å². The van der Waals surface area contributed by atoms with Gasteiger partial charge in [-0.3, -0.25) is 4.79 Å². The predicted octanol–water partition coefficient (Wildman–Crippen LogP) is 2.84. The zero-order valence-electron chi connectivity index (χ0n) is 10.9. The first-order valence-electron chi connectivity index (χ1n) is 6.22. The number of carbonyl (C=O) groups is 1. The fourth-order valence-electron chi connectivity index (χ4n) is 1.83. The first-order valence-corrected chi connectivity index (χ1v) is 6.22. The summed E-state index contributed by atoms with van der Waals surface area (Å²) >= 11 is 0. The third kappa shape index (κ3) is 2.55. The van der Waals surface area contributed by atoms with E-state index in [2.05, 4.69) is 10.2 Å². The number of hydrogen-bond acceptors (Lipinski definition) is 5. The normalized spacial score (nSPS) is 10.0. The van der Waals surface area contributed by atoms with Gasteiger partial charge >= 0.3 is 0 Å². The molecule has 0 aliphatic heterocycles. The van der Waals surface area contributed by atoms with Crippen LogP contribution in [0.4, 0.5) is 0 Å². The van der Waals surface area contributed by atoms with E-state index in [4.69, 9.17) is 9.68 Å². The summed E-state index contributed by atoms with van der Waals surface area (Å²) in [6.07, 6.45) is 0. The Morgan fingerprint density at radius 3 is 2.38 bits per heavy atom. The molecule has 0 spiro atoms. The molecule has 0 saturated heterocycles. The topological polar surface area (TPSA) is 79.8 Å². The fraction of sp³-hybridized carbons (Fsp3) is 0. The molecule has 1 aromatic heterocycles. The van der Waals surface area contributed by atoms with Gasteiger partial charge in [0.2, 0.25) is 11.7 Å². The Morgan fingerprint density at radius 1 is 1.00 bits per heavy atom. The molecule has 21 heavy (non-hydrogen) atoms. The molecule has 0 aliphatic rings. The first-order chi connectivity index (χ1) is 10.3. The van der Waals surface area contributed by atoms with Crippen molar-refractivity contribution in [2.75, 3.05) is 0 Å². The maximum Gasteiger partial charge on any atom is 0.289 e. The largest absolute Gasteiger partial charge is 0.413 e. The highest BCUT2D eigenvalue weighted by atomic mass is 16.4. The quantitative estimate of drug-likeness (QED) is 0.686. The van der Waals surface area contributed by atoms with E-state index in [0.29, 0.717) is 17.0 Å². The molecule has 0 atom stereocenters. The molecule has 3 rings (SSSR count). The summed E-state index contributed by atoms with van der Waals surface area (Å²) in [6.45, 7) is 0. The minimum Gasteiger partial charge on any atom is -0.413 e. The average Bonchev–Trinajstić information content (AvgIpc) is 3.05. The van der Waals surface area contributed by atoms with Crippen molar-refractivity contribution < 1.29 is 9.21 Å². The molecular formula is C16H9N3O2. The molecule has 0 amide bonds. The van der Waals surface area contributed by atoms with Gasteiger partial charge in [-0.05, 0) is 36.4 Å². The van der Waals surface area contributed by atoms with E-state index < -0.39 is 0 Å². The van der Waals surface area contributed by atoms with Crippen LogP contribution in [0.3, 0.4) is 0 Å². The summed E-state index contributed by atoms with van der Waals surface area (Å²) in [4.78, 5) is 12.2. The average molecular weight is 275 g/mol. The maximum absolute atomic E-state index is 12.2. The third-order valence-electron chi connectivity index (χ3n) is 2.92. The van der Waals surface area contributed by atoms with E-state index in [0.717, 1.165) is 5.56 Å². The molecule has 0 radical (unpaired) electrons. The van der Waals surface area contributed by atoms with Gasteiger partial charge in [0.25, 0.3) is 5.89 Å². The predicted molar refractivity (Wildman–Crippen MR) is 74.3 cm³/mol. The summed E-state index contributed by atoms with van der Waals surface area (Å²) < 4.78 is 5.41. The van der Waals surface area contributed by atoms with Gasteiger partial charge in [0.05, 0.1) is 11.6 Å². The van der Waals surface area contributed by atoms with Gasteiger partial charge in [0.1, 0.15) is 0 Å². The van der Waals surface area contributed by atoms with Crippen LogP contribution in [0.25, 0.3) is 11.5 Å². The van der Waals surface area contributed by atoms with Crippen molar-refractivity contribution in [2.24, 2.45) is 0 Å². The number of ketones is 1. The smallest absolute Gasteiger partial charge is 0.289 e. The zero-order valence-corrected chi connectivity index (χ0v) is 10.9. The second-order valence-electron chi connectivity index (χ2n) is 4.30. The van der Waals surface area contributed by atoms with E-state index >= 15 is 0 Å². The molecule has 100 valence electrons. The Morgan fingerprint density at radius 2 is 1.71 bits per heavy atom. The zero-order chi connectivity index (χ0) is 14.7. The lowest BCUT2D eigenvalue weighted by atomic mass is 10.1. The highest BCUT2D eigenvalue weighted by Crippen LogP contribution is 2.18. The van der Waals surface area contributed by atoms with Crippen LogP contribution in [0.2, 0.25) is 0 Å². The summed E-state index contributed by atoms with van der Waals surface area (Å²) in [6, 6.07) is 17.5. The second kappa shape index (κ2) is 5.39. The molecule has 0 saturated carbocycles. The lowest BCUT2D eigenvalue weighted by Gasteiger charge is -1.96. The second-order valence-corrected chi connectivity index (χ2v) is 4.30. The van der Waals surface area contributed by atoms with Gasteiger partial charge in [-0.2, -0.15) is 5.26 Å². The molecule has 5 heteroatoms. The number of nitrogens with zero attached hydrogens (tertiary/aromatic N) is 3. The van der Waals surface area contributed by atoms with E-state index in [9.17, 15) is 4.79 Å². The SMILES string of the molecule is N#Cc1ccc(C(=O)c2nnc(-c3ccccc3)o2)cc1. The van der Waals surface area contributed by atoms with E-state index in [1.165, 1.54) is 0 Å². The monoisotopic (exact) mass is 275 g/mol. The van der Waals surface area contributed by atoms with Crippen molar-refractivity contribution in [2.45, 2.75) is 0 Å². The standard InChI is InChI=1S/C16H9N3O2/c17-10-11-6-8-12(9-7-11)14(20)16-19-18-15(21-16)13-4-2-1-3-5-13/h1-9H. The van der Waals surface area contributed by atoms with Crippen LogP contribution in [0.1, 0.15) is 21.8 Å². The third-order valence-corrected chi connectivity index (χ3v) is 2.92. The fourth-order valence-corrected chi connectivity index (χ4v) is 1.83. The van der Waals surface area contributed by atoms with Crippen LogP contribution in [0.5, 0.6) is 0 Å². The molecule has 0 unspecified atom stereocenters. The molecule has 0 aliphatic carbocycles. The lowest BCUT2D eigenvalue weighted by Crippen LogP contribution is -2.01. The minimum absolute atomic E-state index is 0.0708. The highest BCUT2D eigenvalue weighted by molar-refractivity contribution is 6.05. The summed E-state index contributed by atoms with van der Waals surface area (Å²) in [7, 11) is 0. The van der Waals surface area contributed by atoms with Crippen molar-refractivity contribution in [1.29, 1.82) is 5.26 Å². The molecule has 0 N–H and O–H groups in total. The summed E-state index contributed by atoms with van der Waals surface area (Å²) in [5, 5.41) is 16.4. The van der Waals surface area contributed by atoms with Crippen LogP contribution >= 0.6 is 0 Å². The van der Waals surface area contributed by atoms with Crippen LogP contribution in [-0.4, -0.2) is 16.0 Å². The van der Waals surface area contributed by atoms with Gasteiger partial charge < -0.3 is 4.42 Å². The number of nitriles is 1. The van der Waals surface area contributed by atoms with Gasteiger partial charge in [-0.25, -0.2) is 0 Å². The van der Waals surface area contributed by atoms with E-state index in [-0.39, 0.29) is 11.7 Å². The molecular weight excluding hydrogens is 266 g/mol. The Kier molecular flexibility index (Phi) is 3.27. The maximum atomic E-state index is 12.2.